The van der Waals surface area contributed by atoms with E-state index in [9.17, 15) is 4.79 Å². The van der Waals surface area contributed by atoms with Gasteiger partial charge in [0.25, 0.3) is 0 Å². The summed E-state index contributed by atoms with van der Waals surface area (Å²) in [5.74, 6) is 0. The molecule has 3 rings (SSSR count). The van der Waals surface area contributed by atoms with Crippen LogP contribution in [0.3, 0.4) is 0 Å². The van der Waals surface area contributed by atoms with Crippen LogP contribution >= 0.6 is 0 Å². The zero-order valence-corrected chi connectivity index (χ0v) is 10.9. The summed E-state index contributed by atoms with van der Waals surface area (Å²) < 4.78 is 3.85. The van der Waals surface area contributed by atoms with E-state index in [-0.39, 0.29) is 5.69 Å². The molecule has 0 saturated heterocycles. The van der Waals surface area contributed by atoms with Crippen molar-refractivity contribution in [3.05, 3.63) is 34.2 Å². The fourth-order valence-corrected chi connectivity index (χ4v) is 2.97. The average Bonchev–Trinajstić information content (AvgIpc) is 2.67. The van der Waals surface area contributed by atoms with E-state index in [2.05, 4.69) is 30.4 Å². The first-order valence-corrected chi connectivity index (χ1v) is 6.64. The molecule has 1 atom stereocenters. The molecule has 4 heteroatoms. The number of rotatable bonds is 3. The molecule has 96 valence electrons. The fraction of sp³-hybridized carbons (Fsp3) is 0.500. The molecule has 1 aromatic heterocycles. The van der Waals surface area contributed by atoms with Crippen molar-refractivity contribution in [1.82, 2.24) is 14.5 Å². The highest BCUT2D eigenvalue weighted by Crippen LogP contribution is 2.24. The number of para-hydroxylation sites is 1. The number of aryl methyl sites for hydroxylation is 1. The molecule has 0 spiro atoms. The maximum Gasteiger partial charge on any atom is 0.329 e. The minimum absolute atomic E-state index is 0.138. The first kappa shape index (κ1) is 11.5. The maximum absolute atomic E-state index is 12.5. The molecule has 2 aromatic rings. The Morgan fingerprint density at radius 3 is 3.00 bits per heavy atom. The summed E-state index contributed by atoms with van der Waals surface area (Å²) in [6.07, 6.45) is 1.99. The van der Waals surface area contributed by atoms with E-state index in [0.29, 0.717) is 6.04 Å². The van der Waals surface area contributed by atoms with Gasteiger partial charge in [-0.1, -0.05) is 19.1 Å². The molecule has 4 nitrogen and oxygen atoms in total. The lowest BCUT2D eigenvalue weighted by Gasteiger charge is -2.22. The van der Waals surface area contributed by atoms with Crippen LogP contribution in [0.4, 0.5) is 0 Å². The minimum atomic E-state index is 0.138. The molecule has 1 N–H and O–H groups in total. The molecule has 0 unspecified atom stereocenters. The number of benzene rings is 1. The Morgan fingerprint density at radius 2 is 2.28 bits per heavy atom. The summed E-state index contributed by atoms with van der Waals surface area (Å²) >= 11 is 0. The van der Waals surface area contributed by atoms with E-state index >= 15 is 0 Å². The number of aromatic nitrogens is 2. The smallest absolute Gasteiger partial charge is 0.315 e. The molecular weight excluding hydrogens is 226 g/mol. The van der Waals surface area contributed by atoms with Gasteiger partial charge in [-0.2, -0.15) is 0 Å². The molecule has 0 amide bonds. The lowest BCUT2D eigenvalue weighted by atomic mass is 10.0. The SMILES string of the molecule is CCCn1c(=O)n2c3c(cccc31)C[C@@H](NC)C2. The molecule has 0 aliphatic carbocycles. The van der Waals surface area contributed by atoms with Crippen LogP contribution in [0.2, 0.25) is 0 Å². The highest BCUT2D eigenvalue weighted by atomic mass is 16.1. The second-order valence-corrected chi connectivity index (χ2v) is 5.02. The Balaban J connectivity index is 2.29. The van der Waals surface area contributed by atoms with Crippen LogP contribution in [0.5, 0.6) is 0 Å². The van der Waals surface area contributed by atoms with Crippen molar-refractivity contribution in [3.63, 3.8) is 0 Å². The lowest BCUT2D eigenvalue weighted by Crippen LogP contribution is -2.39. The van der Waals surface area contributed by atoms with Crippen LogP contribution in [-0.4, -0.2) is 22.2 Å². The molecule has 0 fully saturated rings. The van der Waals surface area contributed by atoms with Crippen molar-refractivity contribution in [2.24, 2.45) is 0 Å². The molecule has 1 aliphatic rings. The monoisotopic (exact) mass is 245 g/mol. The van der Waals surface area contributed by atoms with Crippen molar-refractivity contribution in [2.45, 2.75) is 38.9 Å². The van der Waals surface area contributed by atoms with Crippen molar-refractivity contribution in [3.8, 4) is 0 Å². The topological polar surface area (TPSA) is 39.0 Å². The molecule has 2 heterocycles. The van der Waals surface area contributed by atoms with Crippen molar-refractivity contribution in [2.75, 3.05) is 7.05 Å². The van der Waals surface area contributed by atoms with Crippen molar-refractivity contribution in [1.29, 1.82) is 0 Å². The standard InChI is InChI=1S/C14H19N3O/c1-3-7-16-12-6-4-5-10-8-11(15-2)9-17(13(10)12)14(16)18/h4-6,11,15H,3,7-9H2,1-2H3/t11-/m1/s1. The summed E-state index contributed by atoms with van der Waals surface area (Å²) in [5, 5.41) is 3.29. The Kier molecular flexibility index (Phi) is 2.74. The van der Waals surface area contributed by atoms with E-state index in [1.807, 2.05) is 16.2 Å². The molecule has 18 heavy (non-hydrogen) atoms. The van der Waals surface area contributed by atoms with Gasteiger partial charge in [0.15, 0.2) is 0 Å². The number of nitrogens with zero attached hydrogens (tertiary/aromatic N) is 2. The Hall–Kier alpha value is -1.55. The van der Waals surface area contributed by atoms with E-state index in [1.54, 1.807) is 0 Å². The first-order valence-electron chi connectivity index (χ1n) is 6.64. The first-order chi connectivity index (χ1) is 8.76. The van der Waals surface area contributed by atoms with Crippen molar-refractivity contribution >= 4 is 11.0 Å². The van der Waals surface area contributed by atoms with Crippen LogP contribution < -0.4 is 11.0 Å². The van der Waals surface area contributed by atoms with Crippen LogP contribution in [0.15, 0.2) is 23.0 Å². The number of likely N-dealkylation sites (N-methyl/N-ethyl adjacent to an activating group) is 1. The zero-order chi connectivity index (χ0) is 12.7. The van der Waals surface area contributed by atoms with Gasteiger partial charge in [0.1, 0.15) is 0 Å². The van der Waals surface area contributed by atoms with Crippen LogP contribution in [-0.2, 0) is 19.5 Å². The van der Waals surface area contributed by atoms with Gasteiger partial charge in [0, 0.05) is 19.1 Å². The van der Waals surface area contributed by atoms with Crippen LogP contribution in [0.25, 0.3) is 11.0 Å². The number of hydrogen-bond donors (Lipinski definition) is 1. The minimum Gasteiger partial charge on any atom is -0.315 e. The normalized spacial score (nSPS) is 18.4. The second-order valence-electron chi connectivity index (χ2n) is 5.02. The Labute approximate surface area is 106 Å². The predicted molar refractivity (Wildman–Crippen MR) is 73.0 cm³/mol. The van der Waals surface area contributed by atoms with E-state index < -0.39 is 0 Å². The van der Waals surface area contributed by atoms with Gasteiger partial charge >= 0.3 is 5.69 Å². The van der Waals surface area contributed by atoms with E-state index in [0.717, 1.165) is 37.0 Å². The number of imidazole rings is 1. The zero-order valence-electron chi connectivity index (χ0n) is 10.9. The summed E-state index contributed by atoms with van der Waals surface area (Å²) in [6, 6.07) is 6.62. The molecule has 0 bridgehead atoms. The van der Waals surface area contributed by atoms with Gasteiger partial charge < -0.3 is 5.32 Å². The molecular formula is C14H19N3O. The molecule has 0 radical (unpaired) electrons. The average molecular weight is 245 g/mol. The molecule has 1 aromatic carbocycles. The third-order valence-electron chi connectivity index (χ3n) is 3.85. The Morgan fingerprint density at radius 1 is 1.44 bits per heavy atom. The summed E-state index contributed by atoms with van der Waals surface area (Å²) in [7, 11) is 1.96. The number of hydrogen-bond acceptors (Lipinski definition) is 2. The molecule has 1 aliphatic heterocycles. The predicted octanol–water partition coefficient (Wildman–Crippen LogP) is 1.36. The maximum atomic E-state index is 12.5. The highest BCUT2D eigenvalue weighted by Gasteiger charge is 2.23. The summed E-state index contributed by atoms with van der Waals surface area (Å²) in [4.78, 5) is 12.5. The number of nitrogens with one attached hydrogen (secondary N) is 1. The Bertz CT molecular complexity index is 638. The van der Waals surface area contributed by atoms with Crippen LogP contribution in [0.1, 0.15) is 18.9 Å². The quantitative estimate of drug-likeness (QED) is 0.886. The van der Waals surface area contributed by atoms with Gasteiger partial charge in [-0.3, -0.25) is 9.13 Å². The van der Waals surface area contributed by atoms with Gasteiger partial charge in [0.2, 0.25) is 0 Å². The van der Waals surface area contributed by atoms with Gasteiger partial charge in [-0.05, 0) is 31.5 Å². The largest absolute Gasteiger partial charge is 0.329 e. The molecule has 0 saturated carbocycles. The van der Waals surface area contributed by atoms with E-state index in [1.165, 1.54) is 5.56 Å². The van der Waals surface area contributed by atoms with Gasteiger partial charge in [-0.15, -0.1) is 0 Å². The van der Waals surface area contributed by atoms with Crippen molar-refractivity contribution < 1.29 is 0 Å². The fourth-order valence-electron chi connectivity index (χ4n) is 2.97. The lowest BCUT2D eigenvalue weighted by molar-refractivity contribution is 0.456. The van der Waals surface area contributed by atoms with Crippen LogP contribution in [0, 0.1) is 0 Å². The second kappa shape index (κ2) is 4.28. The van der Waals surface area contributed by atoms with Gasteiger partial charge in [0.05, 0.1) is 11.0 Å². The van der Waals surface area contributed by atoms with E-state index in [4.69, 9.17) is 0 Å². The summed E-state index contributed by atoms with van der Waals surface area (Å²) in [6.45, 7) is 3.69. The third kappa shape index (κ3) is 1.52. The highest BCUT2D eigenvalue weighted by molar-refractivity contribution is 5.80. The van der Waals surface area contributed by atoms with Gasteiger partial charge in [-0.25, -0.2) is 4.79 Å². The third-order valence-corrected chi connectivity index (χ3v) is 3.85. The summed E-state index contributed by atoms with van der Waals surface area (Å²) in [5.41, 5.74) is 3.65.